The predicted molar refractivity (Wildman–Crippen MR) is 98.5 cm³/mol. The minimum Gasteiger partial charge on any atom is -0.486 e. The summed E-state index contributed by atoms with van der Waals surface area (Å²) in [5, 5.41) is 0.469. The zero-order valence-electron chi connectivity index (χ0n) is 14.1. The van der Waals surface area contributed by atoms with Crippen LogP contribution in [0.2, 0.25) is 0 Å². The Kier molecular flexibility index (Phi) is 4.38. The molecule has 1 heterocycles. The minimum absolute atomic E-state index is 0.0335. The van der Waals surface area contributed by atoms with Crippen molar-refractivity contribution in [3.63, 3.8) is 0 Å². The van der Waals surface area contributed by atoms with Crippen LogP contribution in [0.3, 0.4) is 0 Å². The predicted octanol–water partition coefficient (Wildman–Crippen LogP) is 4.45. The van der Waals surface area contributed by atoms with Gasteiger partial charge in [-0.3, -0.25) is 4.79 Å². The molecule has 4 rings (SSSR count). The maximum absolute atomic E-state index is 14.4. The fourth-order valence-corrected chi connectivity index (χ4v) is 2.78. The van der Waals surface area contributed by atoms with Crippen LogP contribution >= 0.6 is 0 Å². The van der Waals surface area contributed by atoms with Crippen LogP contribution in [-0.4, -0.2) is 9.97 Å². The number of nitrogens with zero attached hydrogens (tertiary/aromatic N) is 1. The van der Waals surface area contributed by atoms with Crippen LogP contribution in [0.4, 0.5) is 8.78 Å². The van der Waals surface area contributed by atoms with E-state index in [0.717, 1.165) is 0 Å². The van der Waals surface area contributed by atoms with Gasteiger partial charge < -0.3 is 9.72 Å². The van der Waals surface area contributed by atoms with Gasteiger partial charge in [-0.05, 0) is 48.0 Å². The van der Waals surface area contributed by atoms with Crippen molar-refractivity contribution in [1.82, 2.24) is 9.97 Å². The van der Waals surface area contributed by atoms with Gasteiger partial charge >= 0.3 is 0 Å². The molecule has 0 aliphatic rings. The molecule has 1 aromatic heterocycles. The summed E-state index contributed by atoms with van der Waals surface area (Å²) in [5.74, 6) is -0.668. The Bertz CT molecular complexity index is 1190. The molecule has 0 bridgehead atoms. The fraction of sp³-hybridized carbons (Fsp3) is 0.0476. The zero-order chi connectivity index (χ0) is 18.8. The highest BCUT2D eigenvalue weighted by Crippen LogP contribution is 2.24. The maximum Gasteiger partial charge on any atom is 0.259 e. The van der Waals surface area contributed by atoms with Crippen LogP contribution in [0.5, 0.6) is 5.75 Å². The van der Waals surface area contributed by atoms with Gasteiger partial charge in [-0.25, -0.2) is 13.8 Å². The van der Waals surface area contributed by atoms with E-state index in [1.165, 1.54) is 24.3 Å². The molecule has 4 nitrogen and oxygen atoms in total. The van der Waals surface area contributed by atoms with Gasteiger partial charge in [0.2, 0.25) is 0 Å². The van der Waals surface area contributed by atoms with E-state index in [4.69, 9.17) is 4.74 Å². The third-order valence-electron chi connectivity index (χ3n) is 4.10. The minimum atomic E-state index is -0.597. The Morgan fingerprint density at radius 1 is 0.963 bits per heavy atom. The summed E-state index contributed by atoms with van der Waals surface area (Å²) in [6, 6.07) is 17.2. The Hall–Kier alpha value is -3.54. The molecule has 6 heteroatoms. The standard InChI is InChI=1S/C21H14F2N2O2/c22-15-5-3-4-13(10-15)12-27-19-9-8-14(11-17(19)23)20-24-18-7-2-1-6-16(18)21(26)25-20/h1-11H,12H2,(H,24,25,26). The molecule has 0 atom stereocenters. The molecule has 0 unspecified atom stereocenters. The number of hydrogen-bond donors (Lipinski definition) is 1. The van der Waals surface area contributed by atoms with Gasteiger partial charge in [0.15, 0.2) is 11.6 Å². The smallest absolute Gasteiger partial charge is 0.259 e. The third kappa shape index (κ3) is 3.55. The van der Waals surface area contributed by atoms with Crippen LogP contribution in [0.15, 0.2) is 71.5 Å². The fourth-order valence-electron chi connectivity index (χ4n) is 2.78. The summed E-state index contributed by atoms with van der Waals surface area (Å²) >= 11 is 0. The normalized spacial score (nSPS) is 10.9. The molecular weight excluding hydrogens is 350 g/mol. The second kappa shape index (κ2) is 6.99. The lowest BCUT2D eigenvalue weighted by Gasteiger charge is -2.09. The van der Waals surface area contributed by atoms with Gasteiger partial charge in [0, 0.05) is 5.56 Å². The average Bonchev–Trinajstić information content (AvgIpc) is 2.67. The highest BCUT2D eigenvalue weighted by atomic mass is 19.1. The molecule has 0 amide bonds. The molecule has 0 aliphatic heterocycles. The van der Waals surface area contributed by atoms with Gasteiger partial charge in [-0.15, -0.1) is 0 Å². The van der Waals surface area contributed by atoms with Crippen molar-refractivity contribution in [3.8, 4) is 17.1 Å². The molecule has 1 N–H and O–H groups in total. The summed E-state index contributed by atoms with van der Waals surface area (Å²) in [4.78, 5) is 19.2. The monoisotopic (exact) mass is 364 g/mol. The quantitative estimate of drug-likeness (QED) is 0.582. The molecule has 0 aliphatic carbocycles. The van der Waals surface area contributed by atoms with E-state index in [1.54, 1.807) is 42.5 Å². The molecule has 134 valence electrons. The highest BCUT2D eigenvalue weighted by molar-refractivity contribution is 5.79. The van der Waals surface area contributed by atoms with Crippen LogP contribution in [0, 0.1) is 11.6 Å². The number of H-pyrrole nitrogens is 1. The summed E-state index contributed by atoms with van der Waals surface area (Å²) in [5.41, 5.74) is 1.26. The third-order valence-corrected chi connectivity index (χ3v) is 4.10. The second-order valence-corrected chi connectivity index (χ2v) is 6.00. The largest absolute Gasteiger partial charge is 0.486 e. The van der Waals surface area contributed by atoms with E-state index in [1.807, 2.05) is 0 Å². The molecule has 4 aromatic rings. The van der Waals surface area contributed by atoms with Gasteiger partial charge in [-0.1, -0.05) is 24.3 Å². The van der Waals surface area contributed by atoms with E-state index in [0.29, 0.717) is 22.0 Å². The van der Waals surface area contributed by atoms with E-state index in [9.17, 15) is 13.6 Å². The highest BCUT2D eigenvalue weighted by Gasteiger charge is 2.10. The van der Waals surface area contributed by atoms with Crippen molar-refractivity contribution in [1.29, 1.82) is 0 Å². The number of benzene rings is 3. The van der Waals surface area contributed by atoms with Crippen LogP contribution in [0.1, 0.15) is 5.56 Å². The molecule has 0 saturated heterocycles. The van der Waals surface area contributed by atoms with Gasteiger partial charge in [0.1, 0.15) is 18.2 Å². The molecule has 0 radical (unpaired) electrons. The molecule has 3 aromatic carbocycles. The SMILES string of the molecule is O=c1[nH]c(-c2ccc(OCc3cccc(F)c3)c(F)c2)nc2ccccc12. The summed E-state index contributed by atoms with van der Waals surface area (Å²) in [6.07, 6.45) is 0. The first-order chi connectivity index (χ1) is 13.1. The molecule has 0 fully saturated rings. The van der Waals surface area contributed by atoms with Crippen molar-refractivity contribution in [2.45, 2.75) is 6.61 Å². The molecule has 0 spiro atoms. The Balaban J connectivity index is 1.61. The number of aromatic amines is 1. The lowest BCUT2D eigenvalue weighted by atomic mass is 10.1. The van der Waals surface area contributed by atoms with E-state index < -0.39 is 5.82 Å². The lowest BCUT2D eigenvalue weighted by Crippen LogP contribution is -2.09. The van der Waals surface area contributed by atoms with Crippen molar-refractivity contribution < 1.29 is 13.5 Å². The maximum atomic E-state index is 14.4. The van der Waals surface area contributed by atoms with Crippen molar-refractivity contribution in [3.05, 3.63) is 94.3 Å². The molecular formula is C21H14F2N2O2. The Labute approximate surface area is 153 Å². The number of nitrogens with one attached hydrogen (secondary N) is 1. The number of ether oxygens (including phenoxy) is 1. The lowest BCUT2D eigenvalue weighted by molar-refractivity contribution is 0.290. The van der Waals surface area contributed by atoms with E-state index >= 15 is 0 Å². The van der Waals surface area contributed by atoms with Crippen molar-refractivity contribution >= 4 is 10.9 Å². The van der Waals surface area contributed by atoms with Crippen LogP contribution < -0.4 is 10.3 Å². The van der Waals surface area contributed by atoms with Crippen molar-refractivity contribution in [2.75, 3.05) is 0 Å². The number of hydrogen-bond acceptors (Lipinski definition) is 3. The summed E-state index contributed by atoms with van der Waals surface area (Å²) < 4.78 is 33.0. The number of aromatic nitrogens is 2. The molecule has 0 saturated carbocycles. The first-order valence-electron chi connectivity index (χ1n) is 8.26. The summed E-state index contributed by atoms with van der Waals surface area (Å²) in [7, 11) is 0. The topological polar surface area (TPSA) is 55.0 Å². The molecule has 27 heavy (non-hydrogen) atoms. The Morgan fingerprint density at radius 3 is 2.63 bits per heavy atom. The van der Waals surface area contributed by atoms with Gasteiger partial charge in [-0.2, -0.15) is 0 Å². The second-order valence-electron chi connectivity index (χ2n) is 6.00. The van der Waals surface area contributed by atoms with Crippen molar-refractivity contribution in [2.24, 2.45) is 0 Å². The number of para-hydroxylation sites is 1. The van der Waals surface area contributed by atoms with E-state index in [-0.39, 0.29) is 29.6 Å². The van der Waals surface area contributed by atoms with Gasteiger partial charge in [0.05, 0.1) is 10.9 Å². The Morgan fingerprint density at radius 2 is 1.81 bits per heavy atom. The number of fused-ring (bicyclic) bond motifs is 1. The first kappa shape index (κ1) is 16.9. The van der Waals surface area contributed by atoms with Crippen LogP contribution in [0.25, 0.3) is 22.3 Å². The van der Waals surface area contributed by atoms with Gasteiger partial charge in [0.25, 0.3) is 5.56 Å². The van der Waals surface area contributed by atoms with Crippen LogP contribution in [-0.2, 0) is 6.61 Å². The number of halogens is 2. The zero-order valence-corrected chi connectivity index (χ0v) is 14.1. The first-order valence-corrected chi connectivity index (χ1v) is 8.26. The van der Waals surface area contributed by atoms with E-state index in [2.05, 4.69) is 9.97 Å². The summed E-state index contributed by atoms with van der Waals surface area (Å²) in [6.45, 7) is 0.0408. The number of rotatable bonds is 4. The average molecular weight is 364 g/mol.